The van der Waals surface area contributed by atoms with Gasteiger partial charge in [0, 0.05) is 10.7 Å². The van der Waals surface area contributed by atoms with Gasteiger partial charge in [0.25, 0.3) is 0 Å². The Bertz CT molecular complexity index is 768. The highest BCUT2D eigenvalue weighted by atomic mass is 35.5. The molecule has 0 saturated heterocycles. The lowest BCUT2D eigenvalue weighted by molar-refractivity contribution is 0.0600. The summed E-state index contributed by atoms with van der Waals surface area (Å²) in [6.07, 6.45) is 0. The molecule has 0 spiro atoms. The molecule has 2 N–H and O–H groups in total. The first-order valence-corrected chi connectivity index (χ1v) is 8.41. The summed E-state index contributed by atoms with van der Waals surface area (Å²) < 4.78 is 10.2. The van der Waals surface area contributed by atoms with Crippen molar-refractivity contribution in [1.82, 2.24) is 5.32 Å². The number of carbonyl (C=O) groups is 2. The van der Waals surface area contributed by atoms with Crippen LogP contribution >= 0.6 is 11.6 Å². The maximum absolute atomic E-state index is 11.9. The van der Waals surface area contributed by atoms with Gasteiger partial charge in [-0.1, -0.05) is 11.6 Å². The van der Waals surface area contributed by atoms with Crippen LogP contribution in [0.4, 0.5) is 10.5 Å². The van der Waals surface area contributed by atoms with E-state index < -0.39 is 5.97 Å². The van der Waals surface area contributed by atoms with E-state index in [1.165, 1.54) is 7.11 Å². The van der Waals surface area contributed by atoms with E-state index >= 15 is 0 Å². The van der Waals surface area contributed by atoms with E-state index in [2.05, 4.69) is 15.4 Å². The van der Waals surface area contributed by atoms with Crippen molar-refractivity contribution in [3.05, 3.63) is 58.1 Å². The molecule has 2 aromatic carbocycles. The van der Waals surface area contributed by atoms with Crippen molar-refractivity contribution in [3.8, 4) is 5.75 Å². The smallest absolute Gasteiger partial charge is 0.337 e. The molecule has 0 aromatic heterocycles. The van der Waals surface area contributed by atoms with Crippen molar-refractivity contribution in [1.29, 1.82) is 0 Å². The standard InChI is InChI=1S/C19H21ClN2O4/c1-12-10-16(11-13(2)17(12)20)26-9-8-21-19(24)22-15-6-4-14(5-7-15)18(23)25-3/h4-7,10-11H,8-9H2,1-3H3,(H2,21,22,24). The largest absolute Gasteiger partial charge is 0.492 e. The van der Waals surface area contributed by atoms with Gasteiger partial charge in [0.05, 0.1) is 19.2 Å². The minimum Gasteiger partial charge on any atom is -0.492 e. The molecular weight excluding hydrogens is 356 g/mol. The number of esters is 1. The molecule has 2 amide bonds. The average molecular weight is 377 g/mol. The van der Waals surface area contributed by atoms with Crippen molar-refractivity contribution in [2.45, 2.75) is 13.8 Å². The summed E-state index contributed by atoms with van der Waals surface area (Å²) in [4.78, 5) is 23.2. The number of ether oxygens (including phenoxy) is 2. The van der Waals surface area contributed by atoms with Gasteiger partial charge in [-0.3, -0.25) is 0 Å². The molecule has 2 rings (SSSR count). The van der Waals surface area contributed by atoms with Crippen LogP contribution in [0.25, 0.3) is 0 Å². The zero-order chi connectivity index (χ0) is 19.1. The first-order chi connectivity index (χ1) is 12.4. The van der Waals surface area contributed by atoms with E-state index in [1.807, 2.05) is 26.0 Å². The minimum absolute atomic E-state index is 0.329. The molecule has 0 unspecified atom stereocenters. The second-order valence-electron chi connectivity index (χ2n) is 5.67. The molecule has 0 aliphatic rings. The van der Waals surface area contributed by atoms with Gasteiger partial charge >= 0.3 is 12.0 Å². The summed E-state index contributed by atoms with van der Waals surface area (Å²) >= 11 is 6.12. The van der Waals surface area contributed by atoms with Crippen LogP contribution in [0.5, 0.6) is 5.75 Å². The summed E-state index contributed by atoms with van der Waals surface area (Å²) in [6, 6.07) is 9.77. The van der Waals surface area contributed by atoms with Crippen LogP contribution in [-0.2, 0) is 4.74 Å². The van der Waals surface area contributed by atoms with Gasteiger partial charge in [-0.25, -0.2) is 9.59 Å². The van der Waals surface area contributed by atoms with E-state index in [0.717, 1.165) is 16.1 Å². The van der Waals surface area contributed by atoms with Crippen LogP contribution in [0.3, 0.4) is 0 Å². The van der Waals surface area contributed by atoms with Gasteiger partial charge in [0.15, 0.2) is 0 Å². The highest BCUT2D eigenvalue weighted by Crippen LogP contribution is 2.25. The molecule has 0 bridgehead atoms. The summed E-state index contributed by atoms with van der Waals surface area (Å²) in [5.74, 6) is 0.288. The molecule has 0 aliphatic carbocycles. The molecule has 26 heavy (non-hydrogen) atoms. The fourth-order valence-electron chi connectivity index (χ4n) is 2.31. The molecule has 0 atom stereocenters. The Morgan fingerprint density at radius 1 is 1.08 bits per heavy atom. The van der Waals surface area contributed by atoms with Crippen LogP contribution in [0, 0.1) is 13.8 Å². The van der Waals surface area contributed by atoms with Gasteiger partial charge in [-0.2, -0.15) is 0 Å². The number of urea groups is 1. The van der Waals surface area contributed by atoms with Gasteiger partial charge < -0.3 is 20.1 Å². The lowest BCUT2D eigenvalue weighted by Gasteiger charge is -2.11. The monoisotopic (exact) mass is 376 g/mol. The number of amides is 2. The number of aryl methyl sites for hydroxylation is 2. The zero-order valence-electron chi connectivity index (χ0n) is 14.9. The number of hydrogen-bond donors (Lipinski definition) is 2. The lowest BCUT2D eigenvalue weighted by Crippen LogP contribution is -2.32. The Labute approximate surface area is 157 Å². The molecule has 2 aromatic rings. The second kappa shape index (κ2) is 9.10. The Morgan fingerprint density at radius 2 is 1.69 bits per heavy atom. The molecule has 0 fully saturated rings. The van der Waals surface area contributed by atoms with Crippen LogP contribution in [0.1, 0.15) is 21.5 Å². The number of anilines is 1. The number of halogens is 1. The van der Waals surface area contributed by atoms with Crippen molar-refractivity contribution in [3.63, 3.8) is 0 Å². The second-order valence-corrected chi connectivity index (χ2v) is 6.05. The van der Waals surface area contributed by atoms with Crippen LogP contribution < -0.4 is 15.4 Å². The molecular formula is C19H21ClN2O4. The highest BCUT2D eigenvalue weighted by molar-refractivity contribution is 6.32. The quantitative estimate of drug-likeness (QED) is 0.591. The Hall–Kier alpha value is -2.73. The van der Waals surface area contributed by atoms with E-state index in [9.17, 15) is 9.59 Å². The lowest BCUT2D eigenvalue weighted by atomic mass is 10.1. The summed E-state index contributed by atoms with van der Waals surface area (Å²) in [5, 5.41) is 6.10. The Kier molecular flexibility index (Phi) is 6.86. The fraction of sp³-hybridized carbons (Fsp3) is 0.263. The first kappa shape index (κ1) is 19.6. The number of benzene rings is 2. The number of rotatable bonds is 6. The maximum atomic E-state index is 11.9. The van der Waals surface area contributed by atoms with Crippen molar-refractivity contribution in [2.75, 3.05) is 25.6 Å². The summed E-state index contributed by atoms with van der Waals surface area (Å²) in [7, 11) is 1.32. The number of hydrogen-bond acceptors (Lipinski definition) is 4. The van der Waals surface area contributed by atoms with Crippen LogP contribution in [0.2, 0.25) is 5.02 Å². The van der Waals surface area contributed by atoms with Crippen molar-refractivity contribution >= 4 is 29.3 Å². The zero-order valence-corrected chi connectivity index (χ0v) is 15.6. The third-order valence-electron chi connectivity index (χ3n) is 3.63. The normalized spacial score (nSPS) is 10.2. The van der Waals surface area contributed by atoms with Crippen LogP contribution in [0.15, 0.2) is 36.4 Å². The van der Waals surface area contributed by atoms with Gasteiger partial charge in [-0.15, -0.1) is 0 Å². The third kappa shape index (κ3) is 5.39. The topological polar surface area (TPSA) is 76.7 Å². The molecule has 0 radical (unpaired) electrons. The molecule has 7 heteroatoms. The Morgan fingerprint density at radius 3 is 2.27 bits per heavy atom. The molecule has 0 saturated carbocycles. The van der Waals surface area contributed by atoms with E-state index in [4.69, 9.17) is 16.3 Å². The van der Waals surface area contributed by atoms with E-state index in [-0.39, 0.29) is 6.03 Å². The van der Waals surface area contributed by atoms with E-state index in [1.54, 1.807) is 24.3 Å². The first-order valence-electron chi connectivity index (χ1n) is 8.03. The van der Waals surface area contributed by atoms with Crippen LogP contribution in [-0.4, -0.2) is 32.3 Å². The minimum atomic E-state index is -0.425. The average Bonchev–Trinajstić information content (AvgIpc) is 2.63. The van der Waals surface area contributed by atoms with Crippen molar-refractivity contribution < 1.29 is 19.1 Å². The number of carbonyl (C=O) groups excluding carboxylic acids is 2. The molecule has 0 aliphatic heterocycles. The summed E-state index contributed by atoms with van der Waals surface area (Å²) in [5.41, 5.74) is 2.88. The Balaban J connectivity index is 1.76. The number of methoxy groups -OCH3 is 1. The third-order valence-corrected chi connectivity index (χ3v) is 4.23. The summed E-state index contributed by atoms with van der Waals surface area (Å²) in [6.45, 7) is 4.50. The van der Waals surface area contributed by atoms with Gasteiger partial charge in [0.1, 0.15) is 12.4 Å². The van der Waals surface area contributed by atoms with Gasteiger partial charge in [-0.05, 0) is 61.4 Å². The van der Waals surface area contributed by atoms with Gasteiger partial charge in [0.2, 0.25) is 0 Å². The number of nitrogens with one attached hydrogen (secondary N) is 2. The molecule has 0 heterocycles. The molecule has 138 valence electrons. The van der Waals surface area contributed by atoms with E-state index in [0.29, 0.717) is 30.2 Å². The van der Waals surface area contributed by atoms with Crippen molar-refractivity contribution in [2.24, 2.45) is 0 Å². The maximum Gasteiger partial charge on any atom is 0.337 e. The SMILES string of the molecule is COC(=O)c1ccc(NC(=O)NCCOc2cc(C)c(Cl)c(C)c2)cc1. The molecule has 6 nitrogen and oxygen atoms in total. The fourth-order valence-corrected chi connectivity index (χ4v) is 2.41. The predicted molar refractivity (Wildman–Crippen MR) is 101 cm³/mol. The highest BCUT2D eigenvalue weighted by Gasteiger charge is 2.07. The predicted octanol–water partition coefficient (Wildman–Crippen LogP) is 3.94.